The molecule has 0 amide bonds. The van der Waals surface area contributed by atoms with Crippen LogP contribution in [0.4, 0.5) is 5.69 Å². The third-order valence-electron chi connectivity index (χ3n) is 3.58. The minimum Gasteiger partial charge on any atom is -0.492 e. The molecule has 1 aromatic rings. The molecule has 6 nitrogen and oxygen atoms in total. The highest BCUT2D eigenvalue weighted by atomic mass is 32.2. The van der Waals surface area contributed by atoms with Crippen LogP contribution in [0.1, 0.15) is 13.3 Å². The molecule has 2 rings (SSSR count). The lowest BCUT2D eigenvalue weighted by Gasteiger charge is -2.15. The van der Waals surface area contributed by atoms with E-state index in [1.54, 1.807) is 24.3 Å². The average Bonchev–Trinajstić information content (AvgIpc) is 2.82. The van der Waals surface area contributed by atoms with Gasteiger partial charge in [0.05, 0.1) is 11.9 Å². The van der Waals surface area contributed by atoms with Crippen LogP contribution in [0.5, 0.6) is 5.75 Å². The second kappa shape index (κ2) is 7.11. The van der Waals surface area contributed by atoms with Gasteiger partial charge in [-0.05, 0) is 25.5 Å². The SMILES string of the molecule is CC1OCCC1CNS(=O)(=O)CCOc1cccc(N)c1. The van der Waals surface area contributed by atoms with E-state index in [2.05, 4.69) is 4.72 Å². The zero-order valence-corrected chi connectivity index (χ0v) is 12.9. The Bertz CT molecular complexity index is 562. The zero-order chi connectivity index (χ0) is 15.3. The topological polar surface area (TPSA) is 90.6 Å². The van der Waals surface area contributed by atoms with E-state index < -0.39 is 10.0 Å². The van der Waals surface area contributed by atoms with Gasteiger partial charge in [-0.2, -0.15) is 0 Å². The average molecular weight is 314 g/mol. The highest BCUT2D eigenvalue weighted by Crippen LogP contribution is 2.19. The van der Waals surface area contributed by atoms with Crippen molar-refractivity contribution in [3.05, 3.63) is 24.3 Å². The summed E-state index contributed by atoms with van der Waals surface area (Å²) >= 11 is 0. The Kier molecular flexibility index (Phi) is 5.44. The molecule has 3 N–H and O–H groups in total. The summed E-state index contributed by atoms with van der Waals surface area (Å²) in [5, 5.41) is 0. The zero-order valence-electron chi connectivity index (χ0n) is 12.1. The molecule has 21 heavy (non-hydrogen) atoms. The van der Waals surface area contributed by atoms with E-state index in [1.807, 2.05) is 6.92 Å². The lowest BCUT2D eigenvalue weighted by atomic mass is 10.0. The van der Waals surface area contributed by atoms with Crippen molar-refractivity contribution in [1.82, 2.24) is 4.72 Å². The van der Waals surface area contributed by atoms with Gasteiger partial charge in [-0.25, -0.2) is 13.1 Å². The van der Waals surface area contributed by atoms with Crippen LogP contribution in [-0.2, 0) is 14.8 Å². The monoisotopic (exact) mass is 314 g/mol. The van der Waals surface area contributed by atoms with E-state index in [9.17, 15) is 8.42 Å². The molecule has 2 atom stereocenters. The predicted octanol–water partition coefficient (Wildman–Crippen LogP) is 0.992. The lowest BCUT2D eigenvalue weighted by molar-refractivity contribution is 0.107. The predicted molar refractivity (Wildman–Crippen MR) is 81.7 cm³/mol. The first-order valence-corrected chi connectivity index (χ1v) is 8.69. The van der Waals surface area contributed by atoms with Crippen LogP contribution in [0.25, 0.3) is 0 Å². The minimum atomic E-state index is -3.33. The normalized spacial score (nSPS) is 22.3. The van der Waals surface area contributed by atoms with Gasteiger partial charge in [0.2, 0.25) is 10.0 Å². The first kappa shape index (κ1) is 16.1. The molecule has 1 aliphatic heterocycles. The summed E-state index contributed by atoms with van der Waals surface area (Å²) in [4.78, 5) is 0. The molecule has 0 saturated carbocycles. The molecule has 7 heteroatoms. The van der Waals surface area contributed by atoms with Gasteiger partial charge in [0.1, 0.15) is 12.4 Å². The van der Waals surface area contributed by atoms with Crippen LogP contribution in [0, 0.1) is 5.92 Å². The number of nitrogens with one attached hydrogen (secondary N) is 1. The Morgan fingerprint density at radius 3 is 2.95 bits per heavy atom. The Morgan fingerprint density at radius 1 is 1.48 bits per heavy atom. The van der Waals surface area contributed by atoms with Gasteiger partial charge in [-0.15, -0.1) is 0 Å². The van der Waals surface area contributed by atoms with E-state index in [0.717, 1.165) is 6.42 Å². The van der Waals surface area contributed by atoms with Gasteiger partial charge in [0.15, 0.2) is 0 Å². The van der Waals surface area contributed by atoms with Crippen LogP contribution in [0.15, 0.2) is 24.3 Å². The van der Waals surface area contributed by atoms with Crippen molar-refractivity contribution in [1.29, 1.82) is 0 Å². The maximum absolute atomic E-state index is 11.9. The third-order valence-corrected chi connectivity index (χ3v) is 4.89. The van der Waals surface area contributed by atoms with Gasteiger partial charge < -0.3 is 15.2 Å². The summed E-state index contributed by atoms with van der Waals surface area (Å²) in [7, 11) is -3.33. The number of benzene rings is 1. The molecule has 1 heterocycles. The molecular weight excluding hydrogens is 292 g/mol. The van der Waals surface area contributed by atoms with Crippen molar-refractivity contribution in [2.45, 2.75) is 19.4 Å². The fraction of sp³-hybridized carbons (Fsp3) is 0.571. The molecule has 2 unspecified atom stereocenters. The summed E-state index contributed by atoms with van der Waals surface area (Å²) in [5.41, 5.74) is 6.21. The molecule has 118 valence electrons. The number of nitrogen functional groups attached to an aromatic ring is 1. The highest BCUT2D eigenvalue weighted by Gasteiger charge is 2.25. The van der Waals surface area contributed by atoms with Gasteiger partial charge in [0, 0.05) is 30.8 Å². The van der Waals surface area contributed by atoms with Crippen LogP contribution < -0.4 is 15.2 Å². The first-order chi connectivity index (χ1) is 9.96. The van der Waals surface area contributed by atoms with Crippen LogP contribution >= 0.6 is 0 Å². The quantitative estimate of drug-likeness (QED) is 0.733. The summed E-state index contributed by atoms with van der Waals surface area (Å²) in [6, 6.07) is 6.92. The van der Waals surface area contributed by atoms with E-state index in [-0.39, 0.29) is 24.4 Å². The number of nitrogens with two attached hydrogens (primary N) is 1. The Hall–Kier alpha value is -1.31. The molecule has 1 aliphatic rings. The maximum atomic E-state index is 11.9. The largest absolute Gasteiger partial charge is 0.492 e. The Morgan fingerprint density at radius 2 is 2.29 bits per heavy atom. The number of hydrogen-bond acceptors (Lipinski definition) is 5. The third kappa shape index (κ3) is 5.18. The summed E-state index contributed by atoms with van der Waals surface area (Å²) in [5.74, 6) is 0.738. The smallest absolute Gasteiger partial charge is 0.214 e. The second-order valence-electron chi connectivity index (χ2n) is 5.21. The molecule has 0 aliphatic carbocycles. The first-order valence-electron chi connectivity index (χ1n) is 7.03. The number of ether oxygens (including phenoxy) is 2. The Labute approximate surface area is 125 Å². The van der Waals surface area contributed by atoms with Crippen LogP contribution in [-0.4, -0.2) is 40.0 Å². The molecule has 0 spiro atoms. The van der Waals surface area contributed by atoms with Crippen molar-refractivity contribution >= 4 is 15.7 Å². The summed E-state index contributed by atoms with van der Waals surface area (Å²) in [6.45, 7) is 3.18. The molecule has 0 bridgehead atoms. The fourth-order valence-electron chi connectivity index (χ4n) is 2.22. The molecular formula is C14H22N2O4S. The van der Waals surface area contributed by atoms with Crippen molar-refractivity contribution in [3.8, 4) is 5.75 Å². The Balaban J connectivity index is 1.73. The van der Waals surface area contributed by atoms with Crippen molar-refractivity contribution in [3.63, 3.8) is 0 Å². The lowest BCUT2D eigenvalue weighted by Crippen LogP contribution is -2.34. The number of sulfonamides is 1. The minimum absolute atomic E-state index is 0.0796. The van der Waals surface area contributed by atoms with Crippen LogP contribution in [0.3, 0.4) is 0 Å². The van der Waals surface area contributed by atoms with Gasteiger partial charge in [0.25, 0.3) is 0 Å². The van der Waals surface area contributed by atoms with E-state index in [4.69, 9.17) is 15.2 Å². The van der Waals surface area contributed by atoms with E-state index in [0.29, 0.717) is 24.6 Å². The number of anilines is 1. The maximum Gasteiger partial charge on any atom is 0.214 e. The van der Waals surface area contributed by atoms with E-state index >= 15 is 0 Å². The van der Waals surface area contributed by atoms with Crippen LogP contribution in [0.2, 0.25) is 0 Å². The van der Waals surface area contributed by atoms with Crippen molar-refractivity contribution in [2.75, 3.05) is 31.2 Å². The number of rotatable bonds is 7. The van der Waals surface area contributed by atoms with Gasteiger partial charge in [-0.3, -0.25) is 0 Å². The molecule has 0 radical (unpaired) electrons. The summed E-state index contributed by atoms with van der Waals surface area (Å²) < 4.78 is 37.2. The van der Waals surface area contributed by atoms with Gasteiger partial charge >= 0.3 is 0 Å². The standard InChI is InChI=1S/C14H22N2O4S/c1-11-12(5-6-19-11)10-16-21(17,18)8-7-20-14-4-2-3-13(15)9-14/h2-4,9,11-12,16H,5-8,10,15H2,1H3. The van der Waals surface area contributed by atoms with E-state index in [1.165, 1.54) is 0 Å². The highest BCUT2D eigenvalue weighted by molar-refractivity contribution is 7.89. The molecule has 1 saturated heterocycles. The fourth-order valence-corrected chi connectivity index (χ4v) is 3.14. The molecule has 1 aromatic carbocycles. The second-order valence-corrected chi connectivity index (χ2v) is 7.14. The summed E-state index contributed by atoms with van der Waals surface area (Å²) in [6.07, 6.45) is 1.000. The van der Waals surface area contributed by atoms with Crippen molar-refractivity contribution < 1.29 is 17.9 Å². The molecule has 1 fully saturated rings. The number of hydrogen-bond donors (Lipinski definition) is 2. The van der Waals surface area contributed by atoms with Crippen molar-refractivity contribution in [2.24, 2.45) is 5.92 Å². The van der Waals surface area contributed by atoms with Gasteiger partial charge in [-0.1, -0.05) is 6.07 Å². The molecule has 0 aromatic heterocycles.